The standard InChI is InChI=1S/C9H12BrNS/c1-2-3-7(11)6-8-4-5-9(10)12-8/h2,4-5,7H,1,3,6,11H2. The van der Waals surface area contributed by atoms with Crippen LogP contribution in [0, 0.1) is 0 Å². The van der Waals surface area contributed by atoms with Crippen molar-refractivity contribution in [3.05, 3.63) is 33.5 Å². The minimum absolute atomic E-state index is 0.216. The molecule has 0 aliphatic rings. The third kappa shape index (κ3) is 3.09. The highest BCUT2D eigenvalue weighted by molar-refractivity contribution is 9.11. The molecule has 0 spiro atoms. The molecule has 0 saturated carbocycles. The van der Waals surface area contributed by atoms with Gasteiger partial charge in [-0.15, -0.1) is 17.9 Å². The van der Waals surface area contributed by atoms with E-state index < -0.39 is 0 Å². The van der Waals surface area contributed by atoms with Gasteiger partial charge in [0.15, 0.2) is 0 Å². The molecule has 0 aliphatic carbocycles. The molecule has 1 aromatic heterocycles. The Morgan fingerprint density at radius 1 is 1.67 bits per heavy atom. The topological polar surface area (TPSA) is 26.0 Å². The molecule has 1 nitrogen and oxygen atoms in total. The molecule has 0 aromatic carbocycles. The Balaban J connectivity index is 2.46. The molecular formula is C9H12BrNS. The first-order valence-corrected chi connectivity index (χ1v) is 5.44. The van der Waals surface area contributed by atoms with Crippen LogP contribution in [0.15, 0.2) is 28.6 Å². The molecule has 0 amide bonds. The molecule has 1 heterocycles. The second-order valence-corrected chi connectivity index (χ2v) is 5.24. The largest absolute Gasteiger partial charge is 0.327 e. The van der Waals surface area contributed by atoms with Crippen molar-refractivity contribution < 1.29 is 0 Å². The highest BCUT2D eigenvalue weighted by atomic mass is 79.9. The summed E-state index contributed by atoms with van der Waals surface area (Å²) in [5, 5.41) is 0. The number of hydrogen-bond donors (Lipinski definition) is 1. The van der Waals surface area contributed by atoms with Crippen molar-refractivity contribution in [2.24, 2.45) is 5.73 Å². The van der Waals surface area contributed by atoms with Gasteiger partial charge in [-0.2, -0.15) is 0 Å². The Labute approximate surface area is 85.4 Å². The monoisotopic (exact) mass is 245 g/mol. The highest BCUT2D eigenvalue weighted by Crippen LogP contribution is 2.23. The van der Waals surface area contributed by atoms with Gasteiger partial charge in [0.05, 0.1) is 3.79 Å². The fourth-order valence-electron chi connectivity index (χ4n) is 1.02. The molecule has 2 N–H and O–H groups in total. The van der Waals surface area contributed by atoms with Crippen LogP contribution in [0.2, 0.25) is 0 Å². The summed E-state index contributed by atoms with van der Waals surface area (Å²) in [6.07, 6.45) is 3.70. The molecule has 12 heavy (non-hydrogen) atoms. The summed E-state index contributed by atoms with van der Waals surface area (Å²) in [7, 11) is 0. The lowest BCUT2D eigenvalue weighted by Crippen LogP contribution is -2.21. The van der Waals surface area contributed by atoms with Crippen LogP contribution in [-0.4, -0.2) is 6.04 Å². The Hall–Kier alpha value is -0.120. The second kappa shape index (κ2) is 4.80. The maximum absolute atomic E-state index is 5.85. The predicted molar refractivity (Wildman–Crippen MR) is 58.5 cm³/mol. The normalized spacial score (nSPS) is 12.8. The Morgan fingerprint density at radius 2 is 2.42 bits per heavy atom. The first kappa shape index (κ1) is 9.96. The van der Waals surface area contributed by atoms with E-state index in [0.717, 1.165) is 12.8 Å². The molecule has 0 bridgehead atoms. The summed E-state index contributed by atoms with van der Waals surface area (Å²) in [4.78, 5) is 1.33. The predicted octanol–water partition coefficient (Wildman–Crippen LogP) is 2.96. The smallest absolute Gasteiger partial charge is 0.0701 e. The van der Waals surface area contributed by atoms with Gasteiger partial charge in [-0.25, -0.2) is 0 Å². The van der Waals surface area contributed by atoms with Crippen LogP contribution in [0.5, 0.6) is 0 Å². The fourth-order valence-corrected chi connectivity index (χ4v) is 2.59. The van der Waals surface area contributed by atoms with Crippen LogP contribution in [0.4, 0.5) is 0 Å². The zero-order valence-corrected chi connectivity index (χ0v) is 9.20. The molecular weight excluding hydrogens is 234 g/mol. The molecule has 3 heteroatoms. The van der Waals surface area contributed by atoms with Crippen LogP contribution in [0.1, 0.15) is 11.3 Å². The number of nitrogens with two attached hydrogens (primary N) is 1. The van der Waals surface area contributed by atoms with E-state index in [1.54, 1.807) is 11.3 Å². The van der Waals surface area contributed by atoms with E-state index in [1.807, 2.05) is 6.08 Å². The summed E-state index contributed by atoms with van der Waals surface area (Å²) >= 11 is 5.16. The zero-order valence-electron chi connectivity index (χ0n) is 6.79. The summed E-state index contributed by atoms with van der Waals surface area (Å²) in [5.74, 6) is 0. The van der Waals surface area contributed by atoms with E-state index in [2.05, 4.69) is 34.6 Å². The summed E-state index contributed by atoms with van der Waals surface area (Å²) in [6, 6.07) is 4.38. The molecule has 1 rings (SSSR count). The van der Waals surface area contributed by atoms with Crippen LogP contribution in [-0.2, 0) is 6.42 Å². The molecule has 1 atom stereocenters. The van der Waals surface area contributed by atoms with E-state index in [1.165, 1.54) is 8.66 Å². The molecule has 0 fully saturated rings. The maximum Gasteiger partial charge on any atom is 0.0701 e. The van der Waals surface area contributed by atoms with Gasteiger partial charge in [0.2, 0.25) is 0 Å². The zero-order chi connectivity index (χ0) is 8.97. The summed E-state index contributed by atoms with van der Waals surface area (Å²) in [5.41, 5.74) is 5.85. The number of hydrogen-bond acceptors (Lipinski definition) is 2. The van der Waals surface area contributed by atoms with Crippen molar-refractivity contribution >= 4 is 27.3 Å². The van der Waals surface area contributed by atoms with Gasteiger partial charge >= 0.3 is 0 Å². The lowest BCUT2D eigenvalue weighted by atomic mass is 10.1. The van der Waals surface area contributed by atoms with Crippen LogP contribution >= 0.6 is 27.3 Å². The summed E-state index contributed by atoms with van der Waals surface area (Å²) in [6.45, 7) is 3.66. The lowest BCUT2D eigenvalue weighted by Gasteiger charge is -2.05. The van der Waals surface area contributed by atoms with Crippen molar-refractivity contribution in [3.63, 3.8) is 0 Å². The third-order valence-electron chi connectivity index (χ3n) is 1.56. The van der Waals surface area contributed by atoms with E-state index in [9.17, 15) is 0 Å². The maximum atomic E-state index is 5.85. The van der Waals surface area contributed by atoms with Crippen molar-refractivity contribution in [2.75, 3.05) is 0 Å². The van der Waals surface area contributed by atoms with Crippen LogP contribution < -0.4 is 5.73 Å². The average molecular weight is 246 g/mol. The quantitative estimate of drug-likeness (QED) is 0.812. The molecule has 66 valence electrons. The number of halogens is 1. The Bertz CT molecular complexity index is 257. The van der Waals surface area contributed by atoms with Gasteiger partial charge in [0.25, 0.3) is 0 Å². The van der Waals surface area contributed by atoms with E-state index in [-0.39, 0.29) is 6.04 Å². The van der Waals surface area contributed by atoms with Crippen LogP contribution in [0.25, 0.3) is 0 Å². The van der Waals surface area contributed by atoms with Gasteiger partial charge in [-0.1, -0.05) is 6.08 Å². The highest BCUT2D eigenvalue weighted by Gasteiger charge is 2.03. The number of thiophene rings is 1. The van der Waals surface area contributed by atoms with Crippen molar-refractivity contribution in [1.82, 2.24) is 0 Å². The van der Waals surface area contributed by atoms with Crippen molar-refractivity contribution in [1.29, 1.82) is 0 Å². The number of rotatable bonds is 4. The second-order valence-electron chi connectivity index (χ2n) is 2.69. The third-order valence-corrected chi connectivity index (χ3v) is 3.21. The Morgan fingerprint density at radius 3 is 2.92 bits per heavy atom. The van der Waals surface area contributed by atoms with E-state index in [4.69, 9.17) is 5.73 Å². The van der Waals surface area contributed by atoms with Gasteiger partial charge in [-0.3, -0.25) is 0 Å². The van der Waals surface area contributed by atoms with Gasteiger partial charge in [-0.05, 0) is 40.9 Å². The molecule has 0 radical (unpaired) electrons. The Kier molecular flexibility index (Phi) is 3.98. The van der Waals surface area contributed by atoms with Gasteiger partial charge in [0.1, 0.15) is 0 Å². The van der Waals surface area contributed by atoms with E-state index >= 15 is 0 Å². The summed E-state index contributed by atoms with van der Waals surface area (Å²) < 4.78 is 1.17. The fraction of sp³-hybridized carbons (Fsp3) is 0.333. The molecule has 0 saturated heterocycles. The lowest BCUT2D eigenvalue weighted by molar-refractivity contribution is 0.686. The molecule has 0 aliphatic heterocycles. The van der Waals surface area contributed by atoms with E-state index in [0.29, 0.717) is 0 Å². The van der Waals surface area contributed by atoms with Crippen molar-refractivity contribution in [2.45, 2.75) is 18.9 Å². The van der Waals surface area contributed by atoms with Crippen molar-refractivity contribution in [3.8, 4) is 0 Å². The van der Waals surface area contributed by atoms with Gasteiger partial charge in [0, 0.05) is 10.9 Å². The van der Waals surface area contributed by atoms with Crippen LogP contribution in [0.3, 0.4) is 0 Å². The average Bonchev–Trinajstić information content (AvgIpc) is 2.36. The minimum Gasteiger partial charge on any atom is -0.327 e. The SMILES string of the molecule is C=CCC(N)Cc1ccc(Br)s1. The molecule has 1 unspecified atom stereocenters. The first-order chi connectivity index (χ1) is 5.72. The van der Waals surface area contributed by atoms with Gasteiger partial charge < -0.3 is 5.73 Å². The first-order valence-electron chi connectivity index (χ1n) is 3.83. The molecule has 1 aromatic rings. The minimum atomic E-state index is 0.216.